The van der Waals surface area contributed by atoms with E-state index in [9.17, 15) is 18.7 Å². The summed E-state index contributed by atoms with van der Waals surface area (Å²) in [4.78, 5) is 11.8. The fourth-order valence-electron chi connectivity index (χ4n) is 6.04. The first kappa shape index (κ1) is 25.8. The van der Waals surface area contributed by atoms with Crippen molar-refractivity contribution >= 4 is 5.91 Å². The molecule has 2 aliphatic carbocycles. The van der Waals surface area contributed by atoms with Crippen molar-refractivity contribution in [3.63, 3.8) is 0 Å². The van der Waals surface area contributed by atoms with Gasteiger partial charge in [0.1, 0.15) is 11.6 Å². The normalized spacial score (nSPS) is 19.9. The summed E-state index contributed by atoms with van der Waals surface area (Å²) < 4.78 is 27.4. The number of rotatable bonds is 9. The fraction of sp³-hybridized carbons (Fsp3) is 0.552. The monoisotopic (exact) mass is 484 g/mol. The molecule has 2 saturated carbocycles. The van der Waals surface area contributed by atoms with Crippen LogP contribution in [0, 0.1) is 11.6 Å². The van der Waals surface area contributed by atoms with Crippen molar-refractivity contribution < 1.29 is 18.7 Å². The minimum atomic E-state index is -0.915. The van der Waals surface area contributed by atoms with Crippen molar-refractivity contribution in [3.05, 3.63) is 70.8 Å². The highest BCUT2D eigenvalue weighted by Crippen LogP contribution is 2.40. The van der Waals surface area contributed by atoms with Gasteiger partial charge in [-0.2, -0.15) is 0 Å². The van der Waals surface area contributed by atoms with E-state index in [-0.39, 0.29) is 24.4 Å². The molecule has 4 nitrogen and oxygen atoms in total. The number of hydrogen-bond acceptors (Lipinski definition) is 3. The molecule has 2 aromatic carbocycles. The van der Waals surface area contributed by atoms with Gasteiger partial charge in [-0.25, -0.2) is 8.78 Å². The highest BCUT2D eigenvalue weighted by Gasteiger charge is 2.35. The van der Waals surface area contributed by atoms with E-state index in [1.807, 2.05) is 0 Å². The van der Waals surface area contributed by atoms with Crippen LogP contribution in [0.2, 0.25) is 0 Å². The molecule has 0 radical (unpaired) electrons. The molecule has 0 unspecified atom stereocenters. The van der Waals surface area contributed by atoms with Crippen molar-refractivity contribution in [1.82, 2.24) is 10.6 Å². The Balaban J connectivity index is 1.51. The summed E-state index contributed by atoms with van der Waals surface area (Å²) >= 11 is 0. The summed E-state index contributed by atoms with van der Waals surface area (Å²) in [6.45, 7) is 1.66. The van der Waals surface area contributed by atoms with Gasteiger partial charge < -0.3 is 15.7 Å². The summed E-state index contributed by atoms with van der Waals surface area (Å²) in [7, 11) is 0. The maximum absolute atomic E-state index is 13.7. The van der Waals surface area contributed by atoms with Crippen LogP contribution >= 0.6 is 0 Å². The number of aliphatic hydroxyl groups is 1. The Morgan fingerprint density at radius 3 is 2.37 bits per heavy atom. The van der Waals surface area contributed by atoms with Crippen LogP contribution in [-0.4, -0.2) is 29.7 Å². The zero-order valence-corrected chi connectivity index (χ0v) is 20.7. The summed E-state index contributed by atoms with van der Waals surface area (Å²) in [5.74, 6) is -0.991. The lowest BCUT2D eigenvalue weighted by atomic mass is 9.75. The van der Waals surface area contributed by atoms with E-state index < -0.39 is 23.8 Å². The van der Waals surface area contributed by atoms with Crippen molar-refractivity contribution in [2.24, 2.45) is 0 Å². The number of amides is 1. The first-order valence-electron chi connectivity index (χ1n) is 13.1. The number of carbonyl (C=O) groups excluding carboxylic acids is 1. The summed E-state index contributed by atoms with van der Waals surface area (Å²) in [6.07, 6.45) is 9.75. The molecule has 3 N–H and O–H groups in total. The molecule has 2 aliphatic rings. The molecule has 190 valence electrons. The van der Waals surface area contributed by atoms with Gasteiger partial charge in [0.05, 0.1) is 12.1 Å². The SMILES string of the molecule is CC(=O)N[C@@H](Cc1cc(F)cc(F)c1)[C@H](O)CNC1(c2cccc(C3CCCC3)c2)CCCCC1. The third-order valence-corrected chi connectivity index (χ3v) is 7.85. The van der Waals surface area contributed by atoms with Crippen LogP contribution in [0.4, 0.5) is 8.78 Å². The van der Waals surface area contributed by atoms with Gasteiger partial charge in [-0.3, -0.25) is 4.79 Å². The van der Waals surface area contributed by atoms with Crippen molar-refractivity contribution in [1.29, 1.82) is 0 Å². The Bertz CT molecular complexity index is 980. The van der Waals surface area contributed by atoms with Gasteiger partial charge in [0, 0.05) is 25.1 Å². The van der Waals surface area contributed by atoms with E-state index >= 15 is 0 Å². The smallest absolute Gasteiger partial charge is 0.217 e. The zero-order chi connectivity index (χ0) is 24.8. The molecule has 0 aliphatic heterocycles. The molecule has 0 bridgehead atoms. The Kier molecular flexibility index (Phi) is 8.55. The maximum atomic E-state index is 13.7. The number of halogens is 2. The average molecular weight is 485 g/mol. The quantitative estimate of drug-likeness (QED) is 0.442. The van der Waals surface area contributed by atoms with Gasteiger partial charge in [0.25, 0.3) is 0 Å². The second-order valence-corrected chi connectivity index (χ2v) is 10.5. The van der Waals surface area contributed by atoms with Crippen LogP contribution in [0.5, 0.6) is 0 Å². The molecule has 2 aromatic rings. The molecule has 6 heteroatoms. The third kappa shape index (κ3) is 6.68. The lowest BCUT2D eigenvalue weighted by molar-refractivity contribution is -0.120. The topological polar surface area (TPSA) is 61.4 Å². The van der Waals surface area contributed by atoms with Crippen molar-refractivity contribution in [3.8, 4) is 0 Å². The Labute approximate surface area is 207 Å². The third-order valence-electron chi connectivity index (χ3n) is 7.85. The Hall–Kier alpha value is -2.31. The van der Waals surface area contributed by atoms with E-state index in [2.05, 4.69) is 34.9 Å². The second kappa shape index (κ2) is 11.6. The van der Waals surface area contributed by atoms with E-state index in [1.54, 1.807) is 0 Å². The van der Waals surface area contributed by atoms with Gasteiger partial charge in [0.15, 0.2) is 0 Å². The minimum Gasteiger partial charge on any atom is -0.390 e. The number of carbonyl (C=O) groups is 1. The molecule has 35 heavy (non-hydrogen) atoms. The minimum absolute atomic E-state index is 0.140. The number of aliphatic hydroxyl groups excluding tert-OH is 1. The van der Waals surface area contributed by atoms with Gasteiger partial charge in [-0.15, -0.1) is 0 Å². The number of benzene rings is 2. The van der Waals surface area contributed by atoms with E-state index in [4.69, 9.17) is 0 Å². The molecule has 2 fully saturated rings. The molecule has 4 rings (SSSR count). The molecule has 0 spiro atoms. The fourth-order valence-corrected chi connectivity index (χ4v) is 6.04. The molecule has 0 aromatic heterocycles. The number of hydrogen-bond donors (Lipinski definition) is 3. The molecule has 0 heterocycles. The first-order chi connectivity index (χ1) is 16.8. The highest BCUT2D eigenvalue weighted by molar-refractivity contribution is 5.73. The molecule has 0 saturated heterocycles. The lowest BCUT2D eigenvalue weighted by Gasteiger charge is -2.40. The molecular weight excluding hydrogens is 446 g/mol. The standard InChI is InChI=1S/C29H38F2N2O2/c1-20(34)33-27(16-21-14-25(30)18-26(31)15-21)28(35)19-32-29(12-5-2-6-13-29)24-11-7-10-23(17-24)22-8-3-4-9-22/h7,10-11,14-15,17-18,22,27-28,32,35H,2-6,8-9,12-13,16,19H2,1H3,(H,33,34)/t27-,28+/m0/s1. The second-order valence-electron chi connectivity index (χ2n) is 10.5. The number of nitrogens with one attached hydrogen (secondary N) is 2. The Morgan fingerprint density at radius 2 is 1.71 bits per heavy atom. The van der Waals surface area contributed by atoms with Crippen molar-refractivity contribution in [2.45, 2.75) is 94.7 Å². The van der Waals surface area contributed by atoms with Gasteiger partial charge in [0.2, 0.25) is 5.91 Å². The summed E-state index contributed by atoms with van der Waals surface area (Å²) in [5, 5.41) is 17.6. The Morgan fingerprint density at radius 1 is 1.03 bits per heavy atom. The molecule has 1 amide bonds. The van der Waals surface area contributed by atoms with Crippen LogP contribution in [0.3, 0.4) is 0 Å². The van der Waals surface area contributed by atoms with Gasteiger partial charge >= 0.3 is 0 Å². The summed E-state index contributed by atoms with van der Waals surface area (Å²) in [5.41, 5.74) is 2.87. The molecule has 2 atom stereocenters. The highest BCUT2D eigenvalue weighted by atomic mass is 19.1. The van der Waals surface area contributed by atoms with Crippen LogP contribution in [0.25, 0.3) is 0 Å². The summed E-state index contributed by atoms with van der Waals surface area (Å²) in [6, 6.07) is 11.6. The first-order valence-corrected chi connectivity index (χ1v) is 13.1. The largest absolute Gasteiger partial charge is 0.390 e. The van der Waals surface area contributed by atoms with Crippen LogP contribution in [-0.2, 0) is 16.8 Å². The van der Waals surface area contributed by atoms with Crippen LogP contribution in [0.1, 0.15) is 87.3 Å². The zero-order valence-electron chi connectivity index (χ0n) is 20.7. The predicted octanol–water partition coefficient (Wildman–Crippen LogP) is 5.48. The van der Waals surface area contributed by atoms with Crippen LogP contribution in [0.15, 0.2) is 42.5 Å². The van der Waals surface area contributed by atoms with Gasteiger partial charge in [-0.1, -0.05) is 56.4 Å². The van der Waals surface area contributed by atoms with Crippen molar-refractivity contribution in [2.75, 3.05) is 6.54 Å². The van der Waals surface area contributed by atoms with Gasteiger partial charge in [-0.05, 0) is 66.8 Å². The van der Waals surface area contributed by atoms with E-state index in [1.165, 1.54) is 62.3 Å². The van der Waals surface area contributed by atoms with E-state index in [0.717, 1.165) is 31.7 Å². The molecular formula is C29H38F2N2O2. The van der Waals surface area contributed by atoms with Crippen LogP contribution < -0.4 is 10.6 Å². The maximum Gasteiger partial charge on any atom is 0.217 e. The van der Waals surface area contributed by atoms with E-state index in [0.29, 0.717) is 11.5 Å². The average Bonchev–Trinajstić information content (AvgIpc) is 3.37. The lowest BCUT2D eigenvalue weighted by Crippen LogP contribution is -2.53. The predicted molar refractivity (Wildman–Crippen MR) is 134 cm³/mol.